The Hall–Kier alpha value is -1.41. The van der Waals surface area contributed by atoms with E-state index in [1.165, 1.54) is 6.92 Å². The van der Waals surface area contributed by atoms with Crippen molar-refractivity contribution >= 4 is 5.97 Å². The Morgan fingerprint density at radius 2 is 1.27 bits per heavy atom. The lowest BCUT2D eigenvalue weighted by atomic mass is 9.61. The van der Waals surface area contributed by atoms with Crippen LogP contribution in [0.3, 0.4) is 0 Å². The number of fused-ring (bicyclic) bond motifs is 2. The van der Waals surface area contributed by atoms with Gasteiger partial charge in [-0.05, 0) is 46.5 Å². The maximum atomic E-state index is 13.6. The molecule has 41 heavy (non-hydrogen) atoms. The molecule has 2 saturated heterocycles. The molecule has 4 rings (SSSR count). The fourth-order valence-corrected chi connectivity index (χ4v) is 7.16. The Morgan fingerprint density at radius 3 is 1.66 bits per heavy atom. The second-order valence-corrected chi connectivity index (χ2v) is 12.8. The van der Waals surface area contributed by atoms with Gasteiger partial charge in [0.25, 0.3) is 0 Å². The fraction of sp³-hybridized carbons (Fsp3) is 0.893. The number of rotatable bonds is 10. The van der Waals surface area contributed by atoms with E-state index in [1.807, 2.05) is 0 Å². The van der Waals surface area contributed by atoms with Crippen molar-refractivity contribution in [3.63, 3.8) is 0 Å². The maximum Gasteiger partial charge on any atom is 0.419 e. The molecule has 2 aliphatic carbocycles. The Labute approximate surface area is 235 Å². The van der Waals surface area contributed by atoms with E-state index >= 15 is 0 Å². The highest BCUT2D eigenvalue weighted by molar-refractivity contribution is 5.87. The molecule has 2 aliphatic heterocycles. The molecule has 7 nitrogen and oxygen atoms in total. The second-order valence-electron chi connectivity index (χ2n) is 12.8. The van der Waals surface area contributed by atoms with Gasteiger partial charge >= 0.3 is 18.3 Å². The zero-order chi connectivity index (χ0) is 30.6. The highest BCUT2D eigenvalue weighted by Crippen LogP contribution is 2.61. The molecule has 0 aromatic carbocycles. The topological polar surface area (TPSA) is 94.5 Å². The van der Waals surface area contributed by atoms with Crippen molar-refractivity contribution in [2.75, 3.05) is 13.2 Å². The maximum absolute atomic E-state index is 13.6. The number of hydrogen-bond acceptors (Lipinski definition) is 7. The van der Waals surface area contributed by atoms with Crippen LogP contribution in [0.4, 0.5) is 26.3 Å². The van der Waals surface area contributed by atoms with Gasteiger partial charge in [0.2, 0.25) is 0 Å². The van der Waals surface area contributed by atoms with Crippen molar-refractivity contribution in [2.45, 2.75) is 132 Å². The predicted molar refractivity (Wildman–Crippen MR) is 133 cm³/mol. The van der Waals surface area contributed by atoms with Gasteiger partial charge in [-0.25, -0.2) is 4.79 Å². The van der Waals surface area contributed by atoms with Gasteiger partial charge in [-0.15, -0.1) is 0 Å². The molecule has 2 heterocycles. The van der Waals surface area contributed by atoms with Gasteiger partial charge in [0.15, 0.2) is 11.2 Å². The average Bonchev–Trinajstić information content (AvgIpc) is 3.64. The van der Waals surface area contributed by atoms with Crippen LogP contribution >= 0.6 is 0 Å². The van der Waals surface area contributed by atoms with Crippen LogP contribution in [0.15, 0.2) is 12.2 Å². The SMILES string of the molecule is C=C(C)C(=O)OC1CC2OC1C(C1(OCC(C)(O)C(F)(F)F)CCCC1)C2C1(OCC(C)(O)C(F)(F)F)CCCC1. The van der Waals surface area contributed by atoms with Crippen molar-refractivity contribution < 1.29 is 60.3 Å². The predicted octanol–water partition coefficient (Wildman–Crippen LogP) is 5.16. The summed E-state index contributed by atoms with van der Waals surface area (Å²) in [6.45, 7) is 4.26. The van der Waals surface area contributed by atoms with Gasteiger partial charge in [-0.1, -0.05) is 32.3 Å². The summed E-state index contributed by atoms with van der Waals surface area (Å²) in [5, 5.41) is 20.4. The number of ether oxygens (including phenoxy) is 4. The van der Waals surface area contributed by atoms with Crippen LogP contribution in [0.5, 0.6) is 0 Å². The summed E-state index contributed by atoms with van der Waals surface area (Å²) >= 11 is 0. The highest BCUT2D eigenvalue weighted by atomic mass is 19.4. The minimum Gasteiger partial charge on any atom is -0.456 e. The van der Waals surface area contributed by atoms with Gasteiger partial charge in [0, 0.05) is 23.8 Å². The first kappa shape index (κ1) is 32.5. The van der Waals surface area contributed by atoms with E-state index in [0.717, 1.165) is 0 Å². The number of aliphatic hydroxyl groups is 2. The zero-order valence-electron chi connectivity index (χ0n) is 23.6. The van der Waals surface area contributed by atoms with Gasteiger partial charge in [-0.2, -0.15) is 26.3 Å². The van der Waals surface area contributed by atoms with Crippen molar-refractivity contribution in [3.05, 3.63) is 12.2 Å². The van der Waals surface area contributed by atoms with Gasteiger partial charge < -0.3 is 29.2 Å². The Morgan fingerprint density at radius 1 is 0.854 bits per heavy atom. The quantitative estimate of drug-likeness (QED) is 0.203. The van der Waals surface area contributed by atoms with E-state index in [2.05, 4.69) is 6.58 Å². The Bertz CT molecular complexity index is 979. The lowest BCUT2D eigenvalue weighted by molar-refractivity contribution is -0.290. The fourth-order valence-electron chi connectivity index (χ4n) is 7.16. The summed E-state index contributed by atoms with van der Waals surface area (Å²) in [6, 6.07) is 0. The third kappa shape index (κ3) is 6.03. The summed E-state index contributed by atoms with van der Waals surface area (Å²) in [4.78, 5) is 12.4. The Kier molecular flexibility index (Phi) is 8.67. The number of hydrogen-bond donors (Lipinski definition) is 2. The number of carbonyl (C=O) groups excluding carboxylic acids is 1. The third-order valence-electron chi connectivity index (χ3n) is 9.53. The first-order valence-corrected chi connectivity index (χ1v) is 14.1. The van der Waals surface area contributed by atoms with E-state index in [1.54, 1.807) is 0 Å². The standard InChI is InChI=1S/C28H40F6O7/c1-16(2)22(35)41-18-13-17-19(25(9-5-6-10-25)38-14-23(3,36)27(29,30)31)20(21(18)40-17)26(11-7-8-12-26)39-15-24(4,37)28(32,33)34/h17-21,36-37H,1,5-15H2,2-4H3. The van der Waals surface area contributed by atoms with Crippen molar-refractivity contribution in [3.8, 4) is 0 Å². The molecule has 0 aromatic rings. The average molecular weight is 603 g/mol. The summed E-state index contributed by atoms with van der Waals surface area (Å²) in [5.74, 6) is -1.96. The van der Waals surface area contributed by atoms with E-state index in [4.69, 9.17) is 18.9 Å². The smallest absolute Gasteiger partial charge is 0.419 e. The molecule has 0 aromatic heterocycles. The van der Waals surface area contributed by atoms with Crippen LogP contribution in [0.25, 0.3) is 0 Å². The first-order chi connectivity index (χ1) is 18.8. The number of alkyl halides is 6. The number of halogens is 6. The molecule has 0 spiro atoms. The minimum atomic E-state index is -4.96. The van der Waals surface area contributed by atoms with Gasteiger partial charge in [-0.3, -0.25) is 0 Å². The molecule has 4 fully saturated rings. The molecule has 2 N–H and O–H groups in total. The molecular weight excluding hydrogens is 562 g/mol. The summed E-state index contributed by atoms with van der Waals surface area (Å²) in [6.07, 6.45) is -8.03. The Balaban J connectivity index is 1.72. The molecule has 2 bridgehead atoms. The van der Waals surface area contributed by atoms with Gasteiger partial charge in [0.1, 0.15) is 12.2 Å². The molecule has 0 radical (unpaired) electrons. The molecule has 2 saturated carbocycles. The van der Waals surface area contributed by atoms with Crippen LogP contribution in [-0.2, 0) is 23.7 Å². The molecule has 4 aliphatic rings. The normalized spacial score (nSPS) is 33.9. The molecular formula is C28H40F6O7. The van der Waals surface area contributed by atoms with Crippen LogP contribution in [-0.4, -0.2) is 82.5 Å². The van der Waals surface area contributed by atoms with Crippen LogP contribution in [0, 0.1) is 11.8 Å². The summed E-state index contributed by atoms with van der Waals surface area (Å²) < 4.78 is 105. The van der Waals surface area contributed by atoms with Crippen molar-refractivity contribution in [2.24, 2.45) is 11.8 Å². The molecule has 7 atom stereocenters. The summed E-state index contributed by atoms with van der Waals surface area (Å²) in [7, 11) is 0. The number of esters is 1. The summed E-state index contributed by atoms with van der Waals surface area (Å²) in [5.41, 5.74) is -8.52. The lowest BCUT2D eigenvalue weighted by Crippen LogP contribution is -2.60. The van der Waals surface area contributed by atoms with E-state index in [9.17, 15) is 41.4 Å². The zero-order valence-corrected chi connectivity index (χ0v) is 23.6. The van der Waals surface area contributed by atoms with E-state index < -0.39 is 84.1 Å². The van der Waals surface area contributed by atoms with E-state index in [0.29, 0.717) is 65.2 Å². The van der Waals surface area contributed by atoms with Crippen molar-refractivity contribution in [1.29, 1.82) is 0 Å². The molecule has 13 heteroatoms. The van der Waals surface area contributed by atoms with Gasteiger partial charge in [0.05, 0.1) is 30.5 Å². The monoisotopic (exact) mass is 602 g/mol. The highest BCUT2D eigenvalue weighted by Gasteiger charge is 2.69. The van der Waals surface area contributed by atoms with Crippen LogP contribution < -0.4 is 0 Å². The third-order valence-corrected chi connectivity index (χ3v) is 9.53. The van der Waals surface area contributed by atoms with Crippen LogP contribution in [0.2, 0.25) is 0 Å². The lowest BCUT2D eigenvalue weighted by Gasteiger charge is -2.51. The van der Waals surface area contributed by atoms with Crippen LogP contribution in [0.1, 0.15) is 78.6 Å². The molecule has 7 unspecified atom stereocenters. The minimum absolute atomic E-state index is 0.152. The number of carbonyl (C=O) groups is 1. The molecule has 236 valence electrons. The van der Waals surface area contributed by atoms with Crippen molar-refractivity contribution in [1.82, 2.24) is 0 Å². The molecule has 0 amide bonds. The first-order valence-electron chi connectivity index (χ1n) is 14.1. The largest absolute Gasteiger partial charge is 0.456 e. The second kappa shape index (κ2) is 10.9. The van der Waals surface area contributed by atoms with E-state index in [-0.39, 0.29) is 12.0 Å².